The average Bonchev–Trinajstić information content (AvgIpc) is 3.03. The summed E-state index contributed by atoms with van der Waals surface area (Å²) in [7, 11) is -1.89. The Kier molecular flexibility index (Phi) is 6.12. The van der Waals surface area contributed by atoms with Gasteiger partial charge in [0.05, 0.1) is 18.3 Å². The summed E-state index contributed by atoms with van der Waals surface area (Å²) in [5.41, 5.74) is 4.28. The molecule has 0 saturated carbocycles. The van der Waals surface area contributed by atoms with Crippen LogP contribution in [0.3, 0.4) is 0 Å². The van der Waals surface area contributed by atoms with Crippen molar-refractivity contribution >= 4 is 25.8 Å². The molecule has 0 aromatic carbocycles. The fourth-order valence-corrected chi connectivity index (χ4v) is 11.5. The molecule has 6 nitrogen and oxygen atoms in total. The summed E-state index contributed by atoms with van der Waals surface area (Å²) in [6.07, 6.45) is 2.68. The van der Waals surface area contributed by atoms with Gasteiger partial charge in [-0.3, -0.25) is 14.7 Å². The molecule has 0 spiro atoms. The third-order valence-corrected chi connectivity index (χ3v) is 13.3. The molecule has 2 aromatic rings. The monoisotopic (exact) mass is 420 g/mol. The molecule has 0 radical (unpaired) electrons. The van der Waals surface area contributed by atoms with Crippen molar-refractivity contribution in [2.75, 3.05) is 6.54 Å². The Morgan fingerprint density at radius 2 is 1.82 bits per heavy atom. The van der Waals surface area contributed by atoms with Gasteiger partial charge in [0.15, 0.2) is 18.4 Å². The molecule has 1 aliphatic rings. The molecule has 154 valence electrons. The molecule has 0 unspecified atom stereocenters. The van der Waals surface area contributed by atoms with E-state index in [-0.39, 0.29) is 5.56 Å². The second-order valence-electron chi connectivity index (χ2n) is 8.85. The van der Waals surface area contributed by atoms with Crippen LogP contribution in [-0.4, -0.2) is 34.5 Å². The highest BCUT2D eigenvalue weighted by molar-refractivity contribution is 7.71. The van der Waals surface area contributed by atoms with Gasteiger partial charge in [0, 0.05) is 25.2 Å². The molecule has 0 amide bonds. The minimum Gasteiger partial charge on any atom is -0.449 e. The van der Waals surface area contributed by atoms with E-state index in [2.05, 4.69) is 56.4 Å². The fraction of sp³-hybridized carbons (Fsp3) is 0.650. The van der Waals surface area contributed by atoms with Gasteiger partial charge in [-0.05, 0) is 28.8 Å². The van der Waals surface area contributed by atoms with E-state index < -0.39 is 8.07 Å². The Bertz CT molecular complexity index is 922. The fourth-order valence-electron chi connectivity index (χ4n) is 5.19. The number of aromatic amines is 2. The smallest absolute Gasteiger partial charge is 0.256 e. The third-order valence-electron chi connectivity index (χ3n) is 6.36. The number of hydrogen-bond donors (Lipinski definition) is 2. The minimum atomic E-state index is -1.89. The van der Waals surface area contributed by atoms with Crippen LogP contribution in [0.25, 0.3) is 0 Å². The predicted molar refractivity (Wildman–Crippen MR) is 117 cm³/mol. The molecule has 28 heavy (non-hydrogen) atoms. The van der Waals surface area contributed by atoms with E-state index in [0.717, 1.165) is 35.5 Å². The number of oxazole rings is 1. The van der Waals surface area contributed by atoms with E-state index in [1.807, 2.05) is 6.20 Å². The summed E-state index contributed by atoms with van der Waals surface area (Å²) in [5, 5.41) is 0. The van der Waals surface area contributed by atoms with Crippen LogP contribution in [0.15, 0.2) is 15.4 Å². The molecule has 2 N–H and O–H groups in total. The Labute approximate surface area is 172 Å². The number of hydrogen-bond acceptors (Lipinski definition) is 5. The zero-order valence-electron chi connectivity index (χ0n) is 17.8. The number of fused-ring (bicyclic) bond motifs is 1. The molecular formula is C20H32N4O2SSi. The van der Waals surface area contributed by atoms with E-state index in [9.17, 15) is 4.79 Å². The summed E-state index contributed by atoms with van der Waals surface area (Å²) < 4.78 is 6.77. The second-order valence-corrected chi connectivity index (χ2v) is 15.0. The maximum absolute atomic E-state index is 12.2. The largest absolute Gasteiger partial charge is 0.449 e. The lowest BCUT2D eigenvalue weighted by Gasteiger charge is -2.39. The van der Waals surface area contributed by atoms with Gasteiger partial charge in [-0.15, -0.1) is 0 Å². The van der Waals surface area contributed by atoms with Gasteiger partial charge < -0.3 is 9.40 Å². The highest BCUT2D eigenvalue weighted by Crippen LogP contribution is 2.40. The number of nitrogens with one attached hydrogen (secondary N) is 2. The second kappa shape index (κ2) is 8.08. The van der Waals surface area contributed by atoms with Gasteiger partial charge in [0.2, 0.25) is 0 Å². The first kappa shape index (κ1) is 21.2. The number of rotatable bonds is 6. The zero-order valence-corrected chi connectivity index (χ0v) is 19.6. The van der Waals surface area contributed by atoms with E-state index in [1.165, 1.54) is 0 Å². The van der Waals surface area contributed by atoms with Gasteiger partial charge in [-0.2, -0.15) is 0 Å². The summed E-state index contributed by atoms with van der Waals surface area (Å²) in [4.78, 5) is 25.1. The van der Waals surface area contributed by atoms with Crippen LogP contribution in [0.4, 0.5) is 0 Å². The number of aromatic nitrogens is 3. The Morgan fingerprint density at radius 3 is 2.43 bits per heavy atom. The van der Waals surface area contributed by atoms with Crippen molar-refractivity contribution in [3.05, 3.63) is 38.3 Å². The highest BCUT2D eigenvalue weighted by atomic mass is 32.1. The van der Waals surface area contributed by atoms with Crippen molar-refractivity contribution in [1.29, 1.82) is 0 Å². The maximum Gasteiger partial charge on any atom is 0.256 e. The van der Waals surface area contributed by atoms with Crippen molar-refractivity contribution in [3.8, 4) is 0 Å². The first-order valence-corrected chi connectivity index (χ1v) is 12.8. The molecule has 1 aliphatic heterocycles. The van der Waals surface area contributed by atoms with Crippen molar-refractivity contribution in [1.82, 2.24) is 19.9 Å². The Balaban J connectivity index is 1.83. The Morgan fingerprint density at radius 1 is 1.18 bits per heavy atom. The summed E-state index contributed by atoms with van der Waals surface area (Å²) in [6.45, 7) is 16.0. The normalized spacial score (nSPS) is 15.6. The van der Waals surface area contributed by atoms with Crippen molar-refractivity contribution in [3.63, 3.8) is 0 Å². The number of H-pyrrole nitrogens is 2. The first-order valence-electron chi connectivity index (χ1n) is 10.2. The topological polar surface area (TPSA) is 77.9 Å². The van der Waals surface area contributed by atoms with Gasteiger partial charge in [0.25, 0.3) is 5.56 Å². The van der Waals surface area contributed by atoms with Crippen LogP contribution in [0, 0.1) is 4.77 Å². The van der Waals surface area contributed by atoms with E-state index in [4.69, 9.17) is 21.6 Å². The summed E-state index contributed by atoms with van der Waals surface area (Å²) in [6, 6.07) is 0. The van der Waals surface area contributed by atoms with Gasteiger partial charge in [0.1, 0.15) is 5.76 Å². The van der Waals surface area contributed by atoms with Crippen molar-refractivity contribution in [2.45, 2.75) is 77.7 Å². The standard InChI is InChI=1S/C20H32N4O2SSi/c1-12(2)28(13(3)4,14(5)6)20-21-9-15(26-20)10-24-8-7-17-16(11-24)18(25)23-19(27)22-17/h9,12-14H,7-8,10-11H2,1-6H3,(H2,22,23,25,27). The molecule has 0 fully saturated rings. The van der Waals surface area contributed by atoms with E-state index in [0.29, 0.717) is 34.5 Å². The SMILES string of the molecule is CC(C)[Si](c1ncc(CN2CCc3[nH]c(=S)[nH]c(=O)c3C2)o1)(C(C)C)C(C)C. The van der Waals surface area contributed by atoms with Crippen LogP contribution >= 0.6 is 12.2 Å². The quantitative estimate of drug-likeness (QED) is 0.548. The first-order chi connectivity index (χ1) is 13.2. The molecule has 0 saturated heterocycles. The van der Waals surface area contributed by atoms with Crippen LogP contribution in [0.2, 0.25) is 16.6 Å². The zero-order chi connectivity index (χ0) is 20.6. The lowest BCUT2D eigenvalue weighted by Crippen LogP contribution is -2.56. The molecule has 0 aliphatic carbocycles. The molecule has 3 heterocycles. The number of nitrogens with zero attached hydrogens (tertiary/aromatic N) is 2. The molecule has 2 aromatic heterocycles. The summed E-state index contributed by atoms with van der Waals surface area (Å²) >= 11 is 5.08. The molecule has 0 bridgehead atoms. The molecule has 3 rings (SSSR count). The molecular weight excluding hydrogens is 388 g/mol. The van der Waals surface area contributed by atoms with Crippen LogP contribution in [0.5, 0.6) is 0 Å². The molecule has 8 heteroatoms. The molecule has 0 atom stereocenters. The third kappa shape index (κ3) is 3.69. The highest BCUT2D eigenvalue weighted by Gasteiger charge is 2.48. The van der Waals surface area contributed by atoms with Gasteiger partial charge in [-0.1, -0.05) is 41.5 Å². The minimum absolute atomic E-state index is 0.0902. The van der Waals surface area contributed by atoms with Gasteiger partial charge >= 0.3 is 0 Å². The van der Waals surface area contributed by atoms with E-state index >= 15 is 0 Å². The average molecular weight is 421 g/mol. The Hall–Kier alpha value is -1.51. The lowest BCUT2D eigenvalue weighted by molar-refractivity contribution is 0.223. The lowest BCUT2D eigenvalue weighted by atomic mass is 10.1. The maximum atomic E-state index is 12.2. The van der Waals surface area contributed by atoms with Crippen LogP contribution in [-0.2, 0) is 19.5 Å². The van der Waals surface area contributed by atoms with Crippen LogP contribution < -0.4 is 11.1 Å². The van der Waals surface area contributed by atoms with Crippen LogP contribution in [0.1, 0.15) is 58.6 Å². The summed E-state index contributed by atoms with van der Waals surface area (Å²) in [5.74, 6) is 0.887. The van der Waals surface area contributed by atoms with Gasteiger partial charge in [-0.25, -0.2) is 4.98 Å². The van der Waals surface area contributed by atoms with Crippen molar-refractivity contribution < 1.29 is 4.42 Å². The predicted octanol–water partition coefficient (Wildman–Crippen LogP) is 3.86. The van der Waals surface area contributed by atoms with E-state index in [1.54, 1.807) is 0 Å². The van der Waals surface area contributed by atoms with Crippen molar-refractivity contribution in [2.24, 2.45) is 0 Å².